The van der Waals surface area contributed by atoms with E-state index >= 15 is 0 Å². The summed E-state index contributed by atoms with van der Waals surface area (Å²) in [5.41, 5.74) is 1.40. The Kier molecular flexibility index (Phi) is 5.23. The van der Waals surface area contributed by atoms with E-state index in [0.717, 1.165) is 21.7 Å². The summed E-state index contributed by atoms with van der Waals surface area (Å²) in [6.07, 6.45) is 0. The number of halogens is 1. The van der Waals surface area contributed by atoms with Gasteiger partial charge in [0.15, 0.2) is 6.61 Å². The molecule has 4 rings (SSSR count). The second-order valence-electron chi connectivity index (χ2n) is 6.61. The summed E-state index contributed by atoms with van der Waals surface area (Å²) >= 11 is 5.98. The summed E-state index contributed by atoms with van der Waals surface area (Å²) < 4.78 is 16.1. The predicted octanol–water partition coefficient (Wildman–Crippen LogP) is 5.03. The van der Waals surface area contributed by atoms with Crippen molar-refractivity contribution in [3.8, 4) is 5.75 Å². The van der Waals surface area contributed by atoms with Crippen molar-refractivity contribution in [1.29, 1.82) is 0 Å². The van der Waals surface area contributed by atoms with E-state index in [2.05, 4.69) is 0 Å². The minimum Gasteiger partial charge on any atom is -0.482 e. The van der Waals surface area contributed by atoms with Gasteiger partial charge in [-0.2, -0.15) is 0 Å². The summed E-state index contributed by atoms with van der Waals surface area (Å²) in [4.78, 5) is 24.1. The van der Waals surface area contributed by atoms with Gasteiger partial charge in [-0.3, -0.25) is 0 Å². The van der Waals surface area contributed by atoms with Gasteiger partial charge < -0.3 is 13.9 Å². The molecule has 5 nitrogen and oxygen atoms in total. The molecule has 1 heterocycles. The predicted molar refractivity (Wildman–Crippen MR) is 111 cm³/mol. The zero-order chi connectivity index (χ0) is 20.4. The van der Waals surface area contributed by atoms with Crippen LogP contribution in [0, 0.1) is 6.92 Å². The normalized spacial score (nSPS) is 11.0. The number of fused-ring (bicyclic) bond motifs is 3. The molecule has 0 bridgehead atoms. The van der Waals surface area contributed by atoms with Gasteiger partial charge in [-0.15, -0.1) is 0 Å². The second kappa shape index (κ2) is 7.97. The summed E-state index contributed by atoms with van der Waals surface area (Å²) in [6, 6.07) is 17.9. The SMILES string of the molecule is Cc1cc(OCC(=O)OCc2cc(=O)oc3ccc4ccccc4c23)ccc1Cl. The maximum atomic E-state index is 12.2. The van der Waals surface area contributed by atoms with Gasteiger partial charge in [-0.1, -0.05) is 41.9 Å². The van der Waals surface area contributed by atoms with Crippen LogP contribution in [0.4, 0.5) is 0 Å². The Labute approximate surface area is 171 Å². The van der Waals surface area contributed by atoms with Crippen LogP contribution >= 0.6 is 11.6 Å². The van der Waals surface area contributed by atoms with Crippen molar-refractivity contribution in [3.63, 3.8) is 0 Å². The molecule has 1 aromatic heterocycles. The summed E-state index contributed by atoms with van der Waals surface area (Å²) in [5, 5.41) is 3.31. The third kappa shape index (κ3) is 4.10. The first kappa shape index (κ1) is 19.0. The van der Waals surface area contributed by atoms with Crippen molar-refractivity contribution < 1.29 is 18.7 Å². The Balaban J connectivity index is 1.53. The number of hydrogen-bond donors (Lipinski definition) is 0. The van der Waals surface area contributed by atoms with Gasteiger partial charge in [0, 0.05) is 22.0 Å². The molecule has 4 aromatic rings. The highest BCUT2D eigenvalue weighted by Gasteiger charge is 2.12. The Morgan fingerprint density at radius 2 is 1.90 bits per heavy atom. The summed E-state index contributed by atoms with van der Waals surface area (Å²) in [5.74, 6) is -0.0140. The number of ether oxygens (including phenoxy) is 2. The Morgan fingerprint density at radius 3 is 2.72 bits per heavy atom. The maximum absolute atomic E-state index is 12.2. The first-order valence-corrected chi connectivity index (χ1v) is 9.38. The molecule has 0 saturated carbocycles. The van der Waals surface area contributed by atoms with Crippen molar-refractivity contribution in [3.05, 3.63) is 87.2 Å². The minimum atomic E-state index is -0.542. The third-order valence-electron chi connectivity index (χ3n) is 4.59. The van der Waals surface area contributed by atoms with Crippen LogP contribution in [0.1, 0.15) is 11.1 Å². The summed E-state index contributed by atoms with van der Waals surface area (Å²) in [6.45, 7) is 1.54. The van der Waals surface area contributed by atoms with Crippen molar-refractivity contribution in [2.45, 2.75) is 13.5 Å². The van der Waals surface area contributed by atoms with Crippen LogP contribution in [0.2, 0.25) is 5.02 Å². The highest BCUT2D eigenvalue weighted by atomic mass is 35.5. The molecule has 3 aromatic carbocycles. The number of carbonyl (C=O) groups is 1. The van der Waals surface area contributed by atoms with Gasteiger partial charge in [-0.25, -0.2) is 9.59 Å². The monoisotopic (exact) mass is 408 g/mol. The molecule has 0 aliphatic heterocycles. The van der Waals surface area contributed by atoms with Crippen molar-refractivity contribution >= 4 is 39.3 Å². The van der Waals surface area contributed by atoms with Gasteiger partial charge >= 0.3 is 11.6 Å². The lowest BCUT2D eigenvalue weighted by atomic mass is 10.0. The van der Waals surface area contributed by atoms with E-state index < -0.39 is 11.6 Å². The Hall–Kier alpha value is -3.31. The average molecular weight is 409 g/mol. The topological polar surface area (TPSA) is 65.7 Å². The molecule has 0 spiro atoms. The van der Waals surface area contributed by atoms with Crippen LogP contribution in [0.15, 0.2) is 69.9 Å². The van der Waals surface area contributed by atoms with Gasteiger partial charge in [0.05, 0.1) is 0 Å². The molecule has 6 heteroatoms. The quantitative estimate of drug-likeness (QED) is 0.263. The molecule has 0 aliphatic carbocycles. The lowest BCUT2D eigenvalue weighted by Gasteiger charge is -2.10. The minimum absolute atomic E-state index is 0.0576. The molecule has 0 amide bonds. The smallest absolute Gasteiger partial charge is 0.344 e. The molecule has 0 fully saturated rings. The highest BCUT2D eigenvalue weighted by molar-refractivity contribution is 6.31. The number of carbonyl (C=O) groups excluding carboxylic acids is 1. The van der Waals surface area contributed by atoms with Crippen LogP contribution in [0.3, 0.4) is 0 Å². The molecule has 146 valence electrons. The molecule has 29 heavy (non-hydrogen) atoms. The van der Waals surface area contributed by atoms with E-state index in [1.807, 2.05) is 37.3 Å². The van der Waals surface area contributed by atoms with Gasteiger partial charge in [-0.05, 0) is 47.5 Å². The maximum Gasteiger partial charge on any atom is 0.344 e. The molecule has 0 atom stereocenters. The van der Waals surface area contributed by atoms with E-state index in [0.29, 0.717) is 21.9 Å². The van der Waals surface area contributed by atoms with Gasteiger partial charge in [0.1, 0.15) is 17.9 Å². The van der Waals surface area contributed by atoms with E-state index in [4.69, 9.17) is 25.5 Å². The Bertz CT molecular complexity index is 1280. The highest BCUT2D eigenvalue weighted by Crippen LogP contribution is 2.28. The summed E-state index contributed by atoms with van der Waals surface area (Å²) in [7, 11) is 0. The van der Waals surface area contributed by atoms with Gasteiger partial charge in [0.25, 0.3) is 0 Å². The lowest BCUT2D eigenvalue weighted by molar-refractivity contribution is -0.147. The molecular formula is C23H17ClO5. The van der Waals surface area contributed by atoms with E-state index in [-0.39, 0.29) is 13.2 Å². The van der Waals surface area contributed by atoms with E-state index in [9.17, 15) is 9.59 Å². The van der Waals surface area contributed by atoms with Crippen LogP contribution < -0.4 is 10.4 Å². The van der Waals surface area contributed by atoms with Gasteiger partial charge in [0.2, 0.25) is 0 Å². The van der Waals surface area contributed by atoms with Crippen LogP contribution in [0.25, 0.3) is 21.7 Å². The average Bonchev–Trinajstić information content (AvgIpc) is 2.72. The lowest BCUT2D eigenvalue weighted by Crippen LogP contribution is -2.15. The van der Waals surface area contributed by atoms with Crippen molar-refractivity contribution in [1.82, 2.24) is 0 Å². The fourth-order valence-corrected chi connectivity index (χ4v) is 3.30. The molecule has 0 radical (unpaired) electrons. The molecule has 0 aliphatic rings. The van der Waals surface area contributed by atoms with E-state index in [1.54, 1.807) is 24.3 Å². The molecule has 0 saturated heterocycles. The number of hydrogen-bond acceptors (Lipinski definition) is 5. The van der Waals surface area contributed by atoms with E-state index in [1.165, 1.54) is 6.07 Å². The molecule has 0 unspecified atom stereocenters. The van der Waals surface area contributed by atoms with Crippen molar-refractivity contribution in [2.24, 2.45) is 0 Å². The van der Waals surface area contributed by atoms with Crippen molar-refractivity contribution in [2.75, 3.05) is 6.61 Å². The van der Waals surface area contributed by atoms with Crippen LogP contribution in [0.5, 0.6) is 5.75 Å². The Morgan fingerprint density at radius 1 is 1.07 bits per heavy atom. The fraction of sp³-hybridized carbons (Fsp3) is 0.130. The number of benzene rings is 3. The first-order chi connectivity index (χ1) is 14.0. The standard InChI is InChI=1S/C23H17ClO5/c1-14-10-17(7-8-19(14)24)27-13-22(26)28-12-16-11-21(25)29-20-9-6-15-4-2-3-5-18(15)23(16)20/h2-11H,12-13H2,1H3. The third-order valence-corrected chi connectivity index (χ3v) is 5.01. The number of rotatable bonds is 5. The fourth-order valence-electron chi connectivity index (χ4n) is 3.18. The van der Waals surface area contributed by atoms with Crippen LogP contribution in [-0.4, -0.2) is 12.6 Å². The van der Waals surface area contributed by atoms with Crippen LogP contribution in [-0.2, 0) is 16.1 Å². The first-order valence-electron chi connectivity index (χ1n) is 9.00. The number of esters is 1. The largest absolute Gasteiger partial charge is 0.482 e. The molecular weight excluding hydrogens is 392 g/mol. The molecule has 0 N–H and O–H groups in total. The number of aryl methyl sites for hydroxylation is 1. The second-order valence-corrected chi connectivity index (χ2v) is 7.02. The zero-order valence-electron chi connectivity index (χ0n) is 15.6. The zero-order valence-corrected chi connectivity index (χ0v) is 16.4.